The van der Waals surface area contributed by atoms with Gasteiger partial charge in [-0.15, -0.1) is 0 Å². The van der Waals surface area contributed by atoms with Crippen LogP contribution in [0.15, 0.2) is 46.7 Å². The van der Waals surface area contributed by atoms with Crippen LogP contribution in [0.3, 0.4) is 0 Å². The molecule has 0 saturated heterocycles. The lowest BCUT2D eigenvalue weighted by Gasteiger charge is -2.03. The fraction of sp³-hybridized carbons (Fsp3) is 0.0833. The van der Waals surface area contributed by atoms with Crippen LogP contribution in [0.25, 0.3) is 0 Å². The fourth-order valence-electron chi connectivity index (χ4n) is 1.24. The Morgan fingerprint density at radius 2 is 2.00 bits per heavy atom. The zero-order valence-corrected chi connectivity index (χ0v) is 9.53. The molecule has 0 spiro atoms. The Bertz CT molecular complexity index is 532. The van der Waals surface area contributed by atoms with E-state index in [0.717, 1.165) is 10.5 Å². The molecule has 0 aliphatic carbocycles. The molecule has 16 heavy (non-hydrogen) atoms. The van der Waals surface area contributed by atoms with Crippen molar-refractivity contribution in [2.75, 3.05) is 0 Å². The molecule has 1 heterocycles. The third-order valence-electron chi connectivity index (χ3n) is 2.00. The fourth-order valence-corrected chi connectivity index (χ4v) is 2.14. The number of aryl methyl sites for hydroxylation is 1. The second-order valence-electron chi connectivity index (χ2n) is 3.24. The minimum atomic E-state index is 0.656. The number of rotatable bonds is 2. The molecule has 4 heteroatoms. The number of nitriles is 1. The standard InChI is InChI=1S/C12H9N3S/c1-9-3-4-10(8-13)11(7-9)16-12-14-5-2-6-15-12/h2-7H,1H3. The summed E-state index contributed by atoms with van der Waals surface area (Å²) < 4.78 is 0. The average molecular weight is 227 g/mol. The van der Waals surface area contributed by atoms with Crippen LogP contribution in [-0.2, 0) is 0 Å². The Labute approximate surface area is 98.2 Å². The highest BCUT2D eigenvalue weighted by molar-refractivity contribution is 7.99. The van der Waals surface area contributed by atoms with Crippen LogP contribution in [-0.4, -0.2) is 9.97 Å². The molecule has 0 aliphatic rings. The van der Waals surface area contributed by atoms with Crippen LogP contribution in [0.2, 0.25) is 0 Å². The maximum Gasteiger partial charge on any atom is 0.192 e. The first kappa shape index (κ1) is 10.7. The topological polar surface area (TPSA) is 49.6 Å². The van der Waals surface area contributed by atoms with Gasteiger partial charge < -0.3 is 0 Å². The summed E-state index contributed by atoms with van der Waals surface area (Å²) in [4.78, 5) is 9.14. The number of benzene rings is 1. The van der Waals surface area contributed by atoms with Crippen LogP contribution in [0.1, 0.15) is 11.1 Å². The van der Waals surface area contributed by atoms with E-state index in [2.05, 4.69) is 16.0 Å². The highest BCUT2D eigenvalue weighted by Crippen LogP contribution is 2.27. The largest absolute Gasteiger partial charge is 0.231 e. The summed E-state index contributed by atoms with van der Waals surface area (Å²) in [6, 6.07) is 9.65. The van der Waals surface area contributed by atoms with Gasteiger partial charge in [-0.2, -0.15) is 5.26 Å². The molecular formula is C12H9N3S. The summed E-state index contributed by atoms with van der Waals surface area (Å²) in [5.41, 5.74) is 1.78. The van der Waals surface area contributed by atoms with Crippen LogP contribution in [0, 0.1) is 18.3 Å². The van der Waals surface area contributed by atoms with Crippen molar-refractivity contribution in [2.45, 2.75) is 17.0 Å². The Morgan fingerprint density at radius 1 is 1.25 bits per heavy atom. The number of aromatic nitrogens is 2. The van der Waals surface area contributed by atoms with E-state index in [4.69, 9.17) is 5.26 Å². The van der Waals surface area contributed by atoms with Crippen molar-refractivity contribution < 1.29 is 0 Å². The van der Waals surface area contributed by atoms with Crippen molar-refractivity contribution in [3.05, 3.63) is 47.8 Å². The van der Waals surface area contributed by atoms with Crippen molar-refractivity contribution in [3.63, 3.8) is 0 Å². The summed E-state index contributed by atoms with van der Waals surface area (Å²) in [6.45, 7) is 2.00. The van der Waals surface area contributed by atoms with E-state index in [9.17, 15) is 0 Å². The molecule has 0 radical (unpaired) electrons. The van der Waals surface area contributed by atoms with Crippen molar-refractivity contribution in [1.82, 2.24) is 9.97 Å². The van der Waals surface area contributed by atoms with Crippen LogP contribution < -0.4 is 0 Å². The molecule has 0 saturated carbocycles. The first-order valence-corrected chi connectivity index (χ1v) is 5.57. The molecule has 1 aromatic carbocycles. The summed E-state index contributed by atoms with van der Waals surface area (Å²) in [5, 5.41) is 9.64. The lowest BCUT2D eigenvalue weighted by atomic mass is 10.2. The Balaban J connectivity index is 2.35. The summed E-state index contributed by atoms with van der Waals surface area (Å²) in [5.74, 6) is 0. The number of nitrogens with zero attached hydrogens (tertiary/aromatic N) is 3. The molecule has 0 N–H and O–H groups in total. The van der Waals surface area contributed by atoms with E-state index in [0.29, 0.717) is 10.7 Å². The minimum absolute atomic E-state index is 0.656. The quantitative estimate of drug-likeness (QED) is 0.740. The van der Waals surface area contributed by atoms with E-state index in [1.165, 1.54) is 11.8 Å². The molecule has 3 nitrogen and oxygen atoms in total. The van der Waals surface area contributed by atoms with E-state index in [-0.39, 0.29) is 0 Å². The molecule has 0 bridgehead atoms. The van der Waals surface area contributed by atoms with Gasteiger partial charge in [0, 0.05) is 17.3 Å². The predicted molar refractivity (Wildman–Crippen MR) is 62.0 cm³/mol. The van der Waals surface area contributed by atoms with Gasteiger partial charge in [-0.05, 0) is 42.4 Å². The lowest BCUT2D eigenvalue weighted by Crippen LogP contribution is -1.87. The van der Waals surface area contributed by atoms with Gasteiger partial charge in [-0.25, -0.2) is 9.97 Å². The maximum absolute atomic E-state index is 8.98. The van der Waals surface area contributed by atoms with Gasteiger partial charge in [0.15, 0.2) is 5.16 Å². The van der Waals surface area contributed by atoms with Gasteiger partial charge >= 0.3 is 0 Å². The van der Waals surface area contributed by atoms with Gasteiger partial charge in [-0.3, -0.25) is 0 Å². The molecule has 0 atom stereocenters. The third kappa shape index (κ3) is 2.38. The number of hydrogen-bond donors (Lipinski definition) is 0. The Morgan fingerprint density at radius 3 is 2.69 bits per heavy atom. The Kier molecular flexibility index (Phi) is 3.18. The summed E-state index contributed by atoms with van der Waals surface area (Å²) >= 11 is 1.41. The van der Waals surface area contributed by atoms with Gasteiger partial charge in [0.25, 0.3) is 0 Å². The second kappa shape index (κ2) is 4.77. The molecular weight excluding hydrogens is 218 g/mol. The highest BCUT2D eigenvalue weighted by Gasteiger charge is 2.05. The average Bonchev–Trinajstić information content (AvgIpc) is 2.31. The molecule has 0 aliphatic heterocycles. The van der Waals surface area contributed by atoms with Crippen molar-refractivity contribution in [2.24, 2.45) is 0 Å². The molecule has 1 aromatic heterocycles. The predicted octanol–water partition coefficient (Wildman–Crippen LogP) is 2.81. The first-order chi connectivity index (χ1) is 7.79. The maximum atomic E-state index is 8.98. The van der Waals surface area contributed by atoms with E-state index < -0.39 is 0 Å². The zero-order valence-electron chi connectivity index (χ0n) is 8.71. The van der Waals surface area contributed by atoms with Crippen molar-refractivity contribution >= 4 is 11.8 Å². The molecule has 78 valence electrons. The van der Waals surface area contributed by atoms with Crippen LogP contribution in [0.5, 0.6) is 0 Å². The van der Waals surface area contributed by atoms with E-state index in [1.54, 1.807) is 18.5 Å². The molecule has 2 aromatic rings. The van der Waals surface area contributed by atoms with E-state index in [1.807, 2.05) is 25.1 Å². The lowest BCUT2D eigenvalue weighted by molar-refractivity contribution is 0.966. The van der Waals surface area contributed by atoms with Gasteiger partial charge in [-0.1, -0.05) is 6.07 Å². The molecule has 2 rings (SSSR count). The van der Waals surface area contributed by atoms with Gasteiger partial charge in [0.2, 0.25) is 0 Å². The van der Waals surface area contributed by atoms with Crippen LogP contribution in [0.4, 0.5) is 0 Å². The van der Waals surface area contributed by atoms with E-state index >= 15 is 0 Å². The first-order valence-electron chi connectivity index (χ1n) is 4.75. The van der Waals surface area contributed by atoms with Crippen molar-refractivity contribution in [3.8, 4) is 6.07 Å². The number of hydrogen-bond acceptors (Lipinski definition) is 4. The van der Waals surface area contributed by atoms with Crippen LogP contribution >= 0.6 is 11.8 Å². The van der Waals surface area contributed by atoms with Gasteiger partial charge in [0.05, 0.1) is 5.56 Å². The second-order valence-corrected chi connectivity index (χ2v) is 4.25. The summed E-state index contributed by atoms with van der Waals surface area (Å²) in [7, 11) is 0. The normalized spacial score (nSPS) is 9.75. The molecule has 0 unspecified atom stereocenters. The Hall–Kier alpha value is -1.86. The molecule has 0 amide bonds. The zero-order chi connectivity index (χ0) is 11.4. The minimum Gasteiger partial charge on any atom is -0.231 e. The molecule has 0 fully saturated rings. The third-order valence-corrected chi connectivity index (χ3v) is 2.95. The van der Waals surface area contributed by atoms with Crippen molar-refractivity contribution in [1.29, 1.82) is 5.26 Å². The van der Waals surface area contributed by atoms with Gasteiger partial charge in [0.1, 0.15) is 6.07 Å². The smallest absolute Gasteiger partial charge is 0.192 e. The monoisotopic (exact) mass is 227 g/mol. The summed E-state index contributed by atoms with van der Waals surface area (Å²) in [6.07, 6.45) is 3.38. The highest BCUT2D eigenvalue weighted by atomic mass is 32.2. The SMILES string of the molecule is Cc1ccc(C#N)c(Sc2ncccn2)c1.